The number of methoxy groups -OCH3 is 1. The third kappa shape index (κ3) is 5.51. The Hall–Kier alpha value is -3.46. The minimum absolute atomic E-state index is 0.273. The Bertz CT molecular complexity index is 825. The van der Waals surface area contributed by atoms with Gasteiger partial charge in [0, 0.05) is 24.0 Å². The van der Waals surface area contributed by atoms with Crippen molar-refractivity contribution >= 4 is 23.3 Å². The summed E-state index contributed by atoms with van der Waals surface area (Å²) in [6, 6.07) is 7.95. The highest BCUT2D eigenvalue weighted by Crippen LogP contribution is 2.27. The fourth-order valence-corrected chi connectivity index (χ4v) is 2.26. The lowest BCUT2D eigenvalue weighted by Gasteiger charge is -2.12. The second-order valence-corrected chi connectivity index (χ2v) is 5.60. The maximum absolute atomic E-state index is 12.3. The molecule has 0 radical (unpaired) electrons. The number of hydrogen-bond acceptors (Lipinski definition) is 6. The van der Waals surface area contributed by atoms with Gasteiger partial charge in [0.25, 0.3) is 5.91 Å². The van der Waals surface area contributed by atoms with Crippen LogP contribution in [0.25, 0.3) is 0 Å². The van der Waals surface area contributed by atoms with Gasteiger partial charge in [-0.1, -0.05) is 0 Å². The summed E-state index contributed by atoms with van der Waals surface area (Å²) in [6.07, 6.45) is 0.647. The fraction of sp³-hybridized carbons (Fsp3) is 0.222. The highest BCUT2D eigenvalue weighted by Gasteiger charge is 2.14. The van der Waals surface area contributed by atoms with Gasteiger partial charge in [-0.25, -0.2) is 4.79 Å². The van der Waals surface area contributed by atoms with Crippen LogP contribution in [-0.4, -0.2) is 42.4 Å². The fourth-order valence-electron chi connectivity index (χ4n) is 2.26. The third-order valence-corrected chi connectivity index (χ3v) is 3.60. The van der Waals surface area contributed by atoms with E-state index < -0.39 is 6.03 Å². The first kappa shape index (κ1) is 19.9. The SMILES string of the molecule is COc1ccc(NC(=O)Nc2ccc(O)c(O)c2)cc1C(=O)NCCCN. The van der Waals surface area contributed by atoms with Gasteiger partial charge < -0.3 is 36.6 Å². The quantitative estimate of drug-likeness (QED) is 0.248. The molecule has 9 nitrogen and oxygen atoms in total. The Kier molecular flexibility index (Phi) is 6.84. The molecule has 9 heteroatoms. The van der Waals surface area contributed by atoms with E-state index in [2.05, 4.69) is 16.0 Å². The van der Waals surface area contributed by atoms with Crippen LogP contribution < -0.4 is 26.4 Å². The Morgan fingerprint density at radius 1 is 1.04 bits per heavy atom. The van der Waals surface area contributed by atoms with E-state index in [1.165, 1.54) is 31.4 Å². The molecule has 7 N–H and O–H groups in total. The van der Waals surface area contributed by atoms with E-state index in [0.717, 1.165) is 0 Å². The third-order valence-electron chi connectivity index (χ3n) is 3.60. The zero-order valence-corrected chi connectivity index (χ0v) is 14.8. The van der Waals surface area contributed by atoms with E-state index in [9.17, 15) is 19.8 Å². The van der Waals surface area contributed by atoms with Crippen molar-refractivity contribution in [3.63, 3.8) is 0 Å². The molecule has 0 aliphatic rings. The van der Waals surface area contributed by atoms with Gasteiger partial charge in [0.1, 0.15) is 5.75 Å². The van der Waals surface area contributed by atoms with Crippen LogP contribution in [0, 0.1) is 0 Å². The lowest BCUT2D eigenvalue weighted by Crippen LogP contribution is -2.26. The number of hydrogen-bond donors (Lipinski definition) is 6. The van der Waals surface area contributed by atoms with E-state index in [-0.39, 0.29) is 28.7 Å². The van der Waals surface area contributed by atoms with E-state index in [1.54, 1.807) is 12.1 Å². The summed E-state index contributed by atoms with van der Waals surface area (Å²) >= 11 is 0. The van der Waals surface area contributed by atoms with E-state index in [1.807, 2.05) is 0 Å². The molecule has 0 atom stereocenters. The highest BCUT2D eigenvalue weighted by molar-refractivity contribution is 6.02. The van der Waals surface area contributed by atoms with Gasteiger partial charge in [0.2, 0.25) is 0 Å². The summed E-state index contributed by atoms with van der Waals surface area (Å²) in [5, 5.41) is 26.6. The maximum atomic E-state index is 12.3. The average Bonchev–Trinajstić information content (AvgIpc) is 2.64. The van der Waals surface area contributed by atoms with Crippen LogP contribution >= 0.6 is 0 Å². The Labute approximate surface area is 156 Å². The number of nitrogens with one attached hydrogen (secondary N) is 3. The van der Waals surface area contributed by atoms with Crippen molar-refractivity contribution in [1.82, 2.24) is 5.32 Å². The van der Waals surface area contributed by atoms with Crippen molar-refractivity contribution in [1.29, 1.82) is 0 Å². The van der Waals surface area contributed by atoms with Gasteiger partial charge in [0.05, 0.1) is 12.7 Å². The standard InChI is InChI=1S/C18H22N4O5/c1-27-16-6-4-11(9-13(16)17(25)20-8-2-7-19)21-18(26)22-12-3-5-14(23)15(24)10-12/h3-6,9-10,23-24H,2,7-8,19H2,1H3,(H,20,25)(H2,21,22,26). The number of carbonyl (C=O) groups excluding carboxylic acids is 2. The normalized spacial score (nSPS) is 10.1. The number of ether oxygens (including phenoxy) is 1. The van der Waals surface area contributed by atoms with Crippen molar-refractivity contribution in [3.8, 4) is 17.2 Å². The minimum Gasteiger partial charge on any atom is -0.504 e. The molecular formula is C18H22N4O5. The molecule has 0 spiro atoms. The first-order valence-corrected chi connectivity index (χ1v) is 8.21. The molecular weight excluding hydrogens is 352 g/mol. The lowest BCUT2D eigenvalue weighted by molar-refractivity contribution is 0.0950. The van der Waals surface area contributed by atoms with Crippen LogP contribution in [-0.2, 0) is 0 Å². The lowest BCUT2D eigenvalue weighted by atomic mass is 10.1. The number of aromatic hydroxyl groups is 2. The number of phenolic OH excluding ortho intramolecular Hbond substituents is 2. The van der Waals surface area contributed by atoms with Gasteiger partial charge in [-0.05, 0) is 43.3 Å². The van der Waals surface area contributed by atoms with E-state index >= 15 is 0 Å². The monoisotopic (exact) mass is 374 g/mol. The Balaban J connectivity index is 2.08. The van der Waals surface area contributed by atoms with Crippen molar-refractivity contribution in [2.24, 2.45) is 5.73 Å². The Morgan fingerprint density at radius 3 is 2.33 bits per heavy atom. The predicted molar refractivity (Wildman–Crippen MR) is 101 cm³/mol. The number of benzene rings is 2. The number of phenols is 2. The Morgan fingerprint density at radius 2 is 1.70 bits per heavy atom. The molecule has 0 aromatic heterocycles. The van der Waals surface area contributed by atoms with Crippen LogP contribution in [0.3, 0.4) is 0 Å². The molecule has 2 aromatic rings. The molecule has 2 aromatic carbocycles. The van der Waals surface area contributed by atoms with Gasteiger partial charge in [-0.3, -0.25) is 4.79 Å². The summed E-state index contributed by atoms with van der Waals surface area (Å²) in [6.45, 7) is 0.896. The zero-order valence-electron chi connectivity index (χ0n) is 14.8. The summed E-state index contributed by atoms with van der Waals surface area (Å²) < 4.78 is 5.19. The largest absolute Gasteiger partial charge is 0.504 e. The summed E-state index contributed by atoms with van der Waals surface area (Å²) in [5.41, 5.74) is 6.35. The van der Waals surface area contributed by atoms with E-state index in [4.69, 9.17) is 10.5 Å². The molecule has 3 amide bonds. The van der Waals surface area contributed by atoms with E-state index in [0.29, 0.717) is 30.9 Å². The summed E-state index contributed by atoms with van der Waals surface area (Å²) in [7, 11) is 1.45. The highest BCUT2D eigenvalue weighted by atomic mass is 16.5. The molecule has 2 rings (SSSR count). The van der Waals surface area contributed by atoms with Gasteiger partial charge in [0.15, 0.2) is 11.5 Å². The maximum Gasteiger partial charge on any atom is 0.323 e. The number of carbonyl (C=O) groups is 2. The molecule has 0 bridgehead atoms. The molecule has 27 heavy (non-hydrogen) atoms. The summed E-state index contributed by atoms with van der Waals surface area (Å²) in [4.78, 5) is 24.4. The van der Waals surface area contributed by atoms with Crippen LogP contribution in [0.1, 0.15) is 16.8 Å². The van der Waals surface area contributed by atoms with Crippen molar-refractivity contribution in [2.75, 3.05) is 30.8 Å². The molecule has 0 saturated carbocycles. The smallest absolute Gasteiger partial charge is 0.323 e. The second-order valence-electron chi connectivity index (χ2n) is 5.60. The number of nitrogens with two attached hydrogens (primary N) is 1. The molecule has 0 heterocycles. The van der Waals surface area contributed by atoms with Crippen molar-refractivity contribution in [2.45, 2.75) is 6.42 Å². The van der Waals surface area contributed by atoms with Gasteiger partial charge in [-0.15, -0.1) is 0 Å². The van der Waals surface area contributed by atoms with Crippen LogP contribution in [0.2, 0.25) is 0 Å². The number of anilines is 2. The first-order valence-electron chi connectivity index (χ1n) is 8.21. The first-order chi connectivity index (χ1) is 12.9. The molecule has 0 unspecified atom stereocenters. The van der Waals surface area contributed by atoms with Crippen LogP contribution in [0.4, 0.5) is 16.2 Å². The molecule has 0 fully saturated rings. The predicted octanol–water partition coefficient (Wildman–Crippen LogP) is 1.83. The number of amides is 3. The van der Waals surface area contributed by atoms with Gasteiger partial charge in [-0.2, -0.15) is 0 Å². The molecule has 0 saturated heterocycles. The number of rotatable bonds is 7. The average molecular weight is 374 g/mol. The second kappa shape index (κ2) is 9.30. The summed E-state index contributed by atoms with van der Waals surface area (Å²) in [5.74, 6) is -0.613. The van der Waals surface area contributed by atoms with Crippen molar-refractivity contribution < 1.29 is 24.5 Å². The topological polar surface area (TPSA) is 146 Å². The van der Waals surface area contributed by atoms with Crippen LogP contribution in [0.15, 0.2) is 36.4 Å². The number of urea groups is 1. The van der Waals surface area contributed by atoms with Crippen molar-refractivity contribution in [3.05, 3.63) is 42.0 Å². The molecule has 0 aliphatic heterocycles. The zero-order chi connectivity index (χ0) is 19.8. The minimum atomic E-state index is -0.584. The molecule has 0 aliphatic carbocycles. The van der Waals surface area contributed by atoms with Crippen LogP contribution in [0.5, 0.6) is 17.2 Å². The van der Waals surface area contributed by atoms with Gasteiger partial charge >= 0.3 is 6.03 Å². The molecule has 144 valence electrons.